The molecule has 58 heavy (non-hydrogen) atoms. The molecule has 5 aromatic rings. The fraction of sp³-hybridized carbons (Fsp3) is 0.450. The van der Waals surface area contributed by atoms with Gasteiger partial charge in [0.2, 0.25) is 11.8 Å². The van der Waals surface area contributed by atoms with E-state index in [1.807, 2.05) is 48.5 Å². The second-order valence-corrected chi connectivity index (χ2v) is 14.5. The Labute approximate surface area is 334 Å². The normalized spacial score (nSPS) is 18.9. The summed E-state index contributed by atoms with van der Waals surface area (Å²) in [5.74, 6) is 0.781. The number of fused-ring (bicyclic) bond motifs is 2. The van der Waals surface area contributed by atoms with Crippen LogP contribution in [0.5, 0.6) is 0 Å². The predicted molar refractivity (Wildman–Crippen MR) is 211 cm³/mol. The van der Waals surface area contributed by atoms with Crippen molar-refractivity contribution < 1.29 is 38.1 Å². The zero-order valence-electron chi connectivity index (χ0n) is 33.3. The second kappa shape index (κ2) is 17.2. The number of hydrogen-bond donors (Lipinski definition) is 4. The molecule has 2 saturated heterocycles. The Kier molecular flexibility index (Phi) is 11.8. The van der Waals surface area contributed by atoms with Gasteiger partial charge in [0.15, 0.2) is 0 Å². The van der Waals surface area contributed by atoms with Gasteiger partial charge >= 0.3 is 12.2 Å². The molecule has 2 aliphatic heterocycles. The minimum Gasteiger partial charge on any atom is -0.453 e. The van der Waals surface area contributed by atoms with E-state index >= 15 is 0 Å². The molecule has 6 atom stereocenters. The molecule has 0 radical (unpaired) electrons. The summed E-state index contributed by atoms with van der Waals surface area (Å²) in [7, 11) is 5.48. The highest BCUT2D eigenvalue weighted by atomic mass is 16.5. The van der Waals surface area contributed by atoms with Crippen LogP contribution in [0, 0.1) is 0 Å². The fourth-order valence-corrected chi connectivity index (χ4v) is 7.72. The van der Waals surface area contributed by atoms with Crippen molar-refractivity contribution in [2.75, 3.05) is 41.5 Å². The lowest BCUT2D eigenvalue weighted by Gasteiger charge is -2.30. The number of aromatic amines is 2. The van der Waals surface area contributed by atoms with Crippen LogP contribution in [0.25, 0.3) is 44.6 Å². The zero-order valence-corrected chi connectivity index (χ0v) is 33.3. The van der Waals surface area contributed by atoms with Gasteiger partial charge in [-0.1, -0.05) is 12.1 Å². The third-order valence-corrected chi connectivity index (χ3v) is 11.1. The number of rotatable bonds is 12. The van der Waals surface area contributed by atoms with Crippen molar-refractivity contribution in [2.45, 2.75) is 75.9 Å². The molecule has 4 amide bonds. The number of carbonyl (C=O) groups excluding carboxylic acids is 4. The van der Waals surface area contributed by atoms with Crippen molar-refractivity contribution in [2.24, 2.45) is 0 Å². The number of imidazole rings is 2. The van der Waals surface area contributed by atoms with Crippen LogP contribution in [0.3, 0.4) is 0 Å². The maximum Gasteiger partial charge on any atom is 0.407 e. The maximum atomic E-state index is 13.7. The quantitative estimate of drug-likeness (QED) is 0.138. The van der Waals surface area contributed by atoms with E-state index in [9.17, 15) is 19.2 Å². The second-order valence-electron chi connectivity index (χ2n) is 14.5. The Morgan fingerprint density at radius 2 is 1.14 bits per heavy atom. The number of likely N-dealkylation sites (tertiary alicyclic amines) is 2. The smallest absolute Gasteiger partial charge is 0.407 e. The summed E-state index contributed by atoms with van der Waals surface area (Å²) in [5.41, 5.74) is 6.07. The van der Waals surface area contributed by atoms with Crippen molar-refractivity contribution in [1.82, 2.24) is 50.6 Å². The summed E-state index contributed by atoms with van der Waals surface area (Å²) in [6, 6.07) is 13.0. The monoisotopic (exact) mass is 796 g/mol. The van der Waals surface area contributed by atoms with Crippen LogP contribution >= 0.6 is 0 Å². The van der Waals surface area contributed by atoms with Crippen LogP contribution in [-0.4, -0.2) is 130 Å². The summed E-state index contributed by atoms with van der Waals surface area (Å²) in [5, 5.41) is 14.3. The van der Waals surface area contributed by atoms with Gasteiger partial charge in [-0.15, -0.1) is 10.2 Å². The van der Waals surface area contributed by atoms with Gasteiger partial charge in [0.25, 0.3) is 0 Å². The van der Waals surface area contributed by atoms with E-state index in [0.717, 1.165) is 46.0 Å². The molecule has 4 N–H and O–H groups in total. The highest BCUT2D eigenvalue weighted by molar-refractivity contribution is 5.88. The minimum absolute atomic E-state index is 0.268. The van der Waals surface area contributed by atoms with E-state index in [1.165, 1.54) is 28.4 Å². The molecule has 3 aromatic heterocycles. The lowest BCUT2D eigenvalue weighted by Crippen LogP contribution is -2.54. The van der Waals surface area contributed by atoms with Gasteiger partial charge in [-0.3, -0.25) is 9.59 Å². The molecular formula is C40H48N10O8. The third kappa shape index (κ3) is 8.02. The SMILES string of the molecule is COC(=O)N[C@H](C(=O)N1CCC[C@H]1c1nc2cc(-c3ccc(-c4ccc5nc([C@@H]6CCCN6C(=O)[C@@H](NC(=O)OC)[C@@H](C)OC)[nH]c5c4)nn3)ccc2[nH]1)[C@@H](C)OC. The lowest BCUT2D eigenvalue weighted by atomic mass is 10.1. The topological polar surface area (TPSA) is 219 Å². The summed E-state index contributed by atoms with van der Waals surface area (Å²) in [4.78, 5) is 71.4. The van der Waals surface area contributed by atoms with E-state index in [1.54, 1.807) is 23.6 Å². The van der Waals surface area contributed by atoms with E-state index in [2.05, 4.69) is 30.8 Å². The van der Waals surface area contributed by atoms with Gasteiger partial charge in [-0.05, 0) is 75.9 Å². The molecule has 7 rings (SSSR count). The standard InChI is InChI=1S/C40H48N10O8/c1-21(55-3)33(45-39(53)57-5)37(51)49-17-7-9-31(49)35-41-27-13-11-23(19-29(27)43-35)25-15-16-26(48-47-25)24-12-14-28-30(20-24)44-36(42-28)32-10-8-18-50(32)38(52)34(22(2)56-4)46-40(54)58-6/h11-16,19-22,31-34H,7-10,17-18H2,1-6H3,(H,41,43)(H,42,44)(H,45,53)(H,46,54)/t21-,22-,31+,32+,33+,34+/m1/s1. The number of nitrogens with one attached hydrogen (secondary N) is 4. The van der Waals surface area contributed by atoms with Crippen molar-refractivity contribution in [3.8, 4) is 22.5 Å². The number of alkyl carbamates (subject to hydrolysis) is 2. The number of carbonyl (C=O) groups is 4. The van der Waals surface area contributed by atoms with Gasteiger partial charge < -0.3 is 49.3 Å². The van der Waals surface area contributed by atoms with Gasteiger partial charge in [0.05, 0.1) is 72.0 Å². The number of hydrogen-bond acceptors (Lipinski definition) is 12. The molecule has 0 saturated carbocycles. The maximum absolute atomic E-state index is 13.7. The highest BCUT2D eigenvalue weighted by Gasteiger charge is 2.40. The molecule has 2 aliphatic rings. The molecule has 18 heteroatoms. The molecular weight excluding hydrogens is 749 g/mol. The Hall–Kier alpha value is -6.14. The van der Waals surface area contributed by atoms with Crippen molar-refractivity contribution in [1.29, 1.82) is 0 Å². The van der Waals surface area contributed by atoms with Crippen LogP contribution < -0.4 is 10.6 Å². The highest BCUT2D eigenvalue weighted by Crippen LogP contribution is 2.35. The first-order chi connectivity index (χ1) is 28.0. The van der Waals surface area contributed by atoms with E-state index in [4.69, 9.17) is 28.9 Å². The summed E-state index contributed by atoms with van der Waals surface area (Å²) in [6.45, 7) is 4.48. The Morgan fingerprint density at radius 1 is 0.655 bits per heavy atom. The van der Waals surface area contributed by atoms with Gasteiger partial charge in [0.1, 0.15) is 23.7 Å². The van der Waals surface area contributed by atoms with Crippen molar-refractivity contribution >= 4 is 46.1 Å². The minimum atomic E-state index is -0.919. The average Bonchev–Trinajstić information content (AvgIpc) is 4.08. The molecule has 2 fully saturated rings. The number of benzene rings is 2. The summed E-state index contributed by atoms with van der Waals surface area (Å²) in [6.07, 6.45) is 0.440. The summed E-state index contributed by atoms with van der Waals surface area (Å²) >= 11 is 0. The zero-order chi connectivity index (χ0) is 41.1. The van der Waals surface area contributed by atoms with E-state index in [0.29, 0.717) is 49.0 Å². The Bertz CT molecular complexity index is 2140. The number of amides is 4. The molecule has 18 nitrogen and oxygen atoms in total. The molecule has 0 aliphatic carbocycles. The van der Waals surface area contributed by atoms with Gasteiger partial charge in [-0.2, -0.15) is 0 Å². The number of aromatic nitrogens is 6. The Balaban J connectivity index is 1.06. The van der Waals surface area contributed by atoms with Gasteiger partial charge in [0, 0.05) is 38.4 Å². The Morgan fingerprint density at radius 3 is 1.64 bits per heavy atom. The molecule has 306 valence electrons. The van der Waals surface area contributed by atoms with Gasteiger partial charge in [-0.25, -0.2) is 19.6 Å². The number of methoxy groups -OCH3 is 4. The lowest BCUT2D eigenvalue weighted by molar-refractivity contribution is -0.138. The third-order valence-electron chi connectivity index (χ3n) is 11.1. The molecule has 0 unspecified atom stereocenters. The van der Waals surface area contributed by atoms with Crippen LogP contribution in [0.1, 0.15) is 63.3 Å². The number of H-pyrrole nitrogens is 2. The average molecular weight is 797 g/mol. The first-order valence-electron chi connectivity index (χ1n) is 19.2. The van der Waals surface area contributed by atoms with Crippen LogP contribution in [0.15, 0.2) is 48.5 Å². The van der Waals surface area contributed by atoms with Crippen LogP contribution in [-0.2, 0) is 28.5 Å². The first kappa shape index (κ1) is 40.1. The van der Waals surface area contributed by atoms with Crippen LogP contribution in [0.2, 0.25) is 0 Å². The number of ether oxygens (including phenoxy) is 4. The predicted octanol–water partition coefficient (Wildman–Crippen LogP) is 4.41. The summed E-state index contributed by atoms with van der Waals surface area (Å²) < 4.78 is 20.3. The molecule has 2 aromatic carbocycles. The fourth-order valence-electron chi connectivity index (χ4n) is 7.72. The first-order valence-corrected chi connectivity index (χ1v) is 19.2. The van der Waals surface area contributed by atoms with E-state index in [-0.39, 0.29) is 23.9 Å². The van der Waals surface area contributed by atoms with Crippen molar-refractivity contribution in [3.63, 3.8) is 0 Å². The molecule has 0 spiro atoms. The van der Waals surface area contributed by atoms with Crippen LogP contribution in [0.4, 0.5) is 9.59 Å². The number of nitrogens with zero attached hydrogens (tertiary/aromatic N) is 6. The largest absolute Gasteiger partial charge is 0.453 e. The molecule has 5 heterocycles. The van der Waals surface area contributed by atoms with Crippen molar-refractivity contribution in [3.05, 3.63) is 60.2 Å². The molecule has 0 bridgehead atoms. The van der Waals surface area contributed by atoms with E-state index < -0.39 is 36.5 Å².